The van der Waals surface area contributed by atoms with Crippen molar-refractivity contribution in [3.8, 4) is 11.5 Å². The smallest absolute Gasteiger partial charge is 0.271 e. The van der Waals surface area contributed by atoms with Crippen molar-refractivity contribution in [3.05, 3.63) is 136 Å². The molecule has 4 aromatic rings. The minimum atomic E-state index is -0.433. The first-order valence-corrected chi connectivity index (χ1v) is 15.2. The van der Waals surface area contributed by atoms with Crippen molar-refractivity contribution < 1.29 is 14.4 Å². The van der Waals surface area contributed by atoms with Crippen molar-refractivity contribution in [2.24, 2.45) is 4.99 Å². The molecule has 1 unspecified atom stereocenters. The van der Waals surface area contributed by atoms with Crippen molar-refractivity contribution in [1.82, 2.24) is 4.57 Å². The molecule has 0 spiro atoms. The fourth-order valence-corrected chi connectivity index (χ4v) is 6.68. The molecule has 2 aliphatic rings. The van der Waals surface area contributed by atoms with Crippen molar-refractivity contribution in [2.75, 3.05) is 13.2 Å². The predicted octanol–water partition coefficient (Wildman–Crippen LogP) is 6.19. The third-order valence-electron chi connectivity index (χ3n) is 7.55. The molecule has 0 radical (unpaired) electrons. The summed E-state index contributed by atoms with van der Waals surface area (Å²) in [4.78, 5) is 30.6. The predicted molar refractivity (Wildman–Crippen MR) is 168 cm³/mol. The van der Waals surface area contributed by atoms with Crippen molar-refractivity contribution >= 4 is 29.2 Å². The zero-order chi connectivity index (χ0) is 29.9. The second kappa shape index (κ2) is 12.2. The lowest BCUT2D eigenvalue weighted by atomic mass is 9.84. The maximum atomic E-state index is 14.0. The van der Waals surface area contributed by atoms with Gasteiger partial charge in [-0.1, -0.05) is 47.7 Å². The number of hydrogen-bond donors (Lipinski definition) is 0. The highest BCUT2D eigenvalue weighted by molar-refractivity contribution is 7.07. The van der Waals surface area contributed by atoms with Gasteiger partial charge in [-0.25, -0.2) is 4.99 Å². The summed E-state index contributed by atoms with van der Waals surface area (Å²) in [5.74, 6) is 1.61. The van der Waals surface area contributed by atoms with Crippen molar-refractivity contribution in [2.45, 2.75) is 39.2 Å². The van der Waals surface area contributed by atoms with Gasteiger partial charge in [0.1, 0.15) is 11.5 Å². The molecule has 3 aromatic carbocycles. The molecule has 0 saturated carbocycles. The van der Waals surface area contributed by atoms with E-state index >= 15 is 0 Å². The van der Waals surface area contributed by atoms with E-state index in [2.05, 4.69) is 6.08 Å². The number of nitro benzene ring substituents is 1. The average molecular weight is 594 g/mol. The van der Waals surface area contributed by atoms with Gasteiger partial charge in [-0.2, -0.15) is 0 Å². The molecule has 2 heterocycles. The van der Waals surface area contributed by atoms with Crippen LogP contribution in [0.3, 0.4) is 0 Å². The van der Waals surface area contributed by atoms with Crippen LogP contribution in [0.15, 0.2) is 99.4 Å². The summed E-state index contributed by atoms with van der Waals surface area (Å²) >= 11 is 1.31. The molecule has 1 atom stereocenters. The Labute approximate surface area is 252 Å². The second-order valence-corrected chi connectivity index (χ2v) is 11.3. The third kappa shape index (κ3) is 5.81. The summed E-state index contributed by atoms with van der Waals surface area (Å²) < 4.78 is 13.6. The van der Waals surface area contributed by atoms with Gasteiger partial charge < -0.3 is 9.47 Å². The van der Waals surface area contributed by atoms with E-state index in [1.54, 1.807) is 22.8 Å². The topological polar surface area (TPSA) is 96.0 Å². The number of ether oxygens (including phenoxy) is 2. The van der Waals surface area contributed by atoms with E-state index in [1.807, 2.05) is 62.4 Å². The Bertz CT molecular complexity index is 1920. The minimum Gasteiger partial charge on any atom is -0.494 e. The van der Waals surface area contributed by atoms with Crippen LogP contribution < -0.4 is 24.4 Å². The summed E-state index contributed by atoms with van der Waals surface area (Å²) in [7, 11) is 0. The van der Waals surface area contributed by atoms with E-state index in [-0.39, 0.29) is 17.3 Å². The molecule has 43 heavy (non-hydrogen) atoms. The highest BCUT2D eigenvalue weighted by atomic mass is 32.1. The number of benzene rings is 3. The molecular weight excluding hydrogens is 562 g/mol. The zero-order valence-corrected chi connectivity index (χ0v) is 24.8. The van der Waals surface area contributed by atoms with Crippen LogP contribution in [0.4, 0.5) is 5.69 Å². The molecule has 1 aliphatic carbocycles. The number of nitro groups is 1. The maximum Gasteiger partial charge on any atom is 0.271 e. The molecule has 0 fully saturated rings. The lowest BCUT2D eigenvalue weighted by Crippen LogP contribution is -2.39. The SMILES string of the molecule is CCOc1ccc(/C=C2\CCCC3=C2N=c2s/c(=C/c4cccc([N+](=O)[O-])c4)c(=O)n2C3c2ccc(OCC)cc2)cc1. The van der Waals surface area contributed by atoms with Crippen LogP contribution in [0.2, 0.25) is 0 Å². The fraction of sp³-hybridized carbons (Fsp3) is 0.235. The Morgan fingerprint density at radius 2 is 1.65 bits per heavy atom. The standard InChI is InChI=1S/C34H31N3O5S/c1-3-41-27-15-11-22(12-16-27)19-25-8-6-10-29-31(25)35-34-36(32(29)24-13-17-28(18-14-24)42-4-2)33(38)30(43-34)21-23-7-5-9-26(20-23)37(39)40/h5,7,9,11-21,32H,3-4,6,8,10H2,1-2H3/b25-19+,30-21+. The Kier molecular flexibility index (Phi) is 8.07. The molecular formula is C34H31N3O5S. The summed E-state index contributed by atoms with van der Waals surface area (Å²) in [5.41, 5.74) is 5.64. The Balaban J connectivity index is 1.51. The van der Waals surface area contributed by atoms with Crippen LogP contribution in [0.1, 0.15) is 55.8 Å². The van der Waals surface area contributed by atoms with Gasteiger partial charge in [0.15, 0.2) is 4.80 Å². The maximum absolute atomic E-state index is 14.0. The number of thiazole rings is 1. The van der Waals surface area contributed by atoms with Crippen LogP contribution in [0, 0.1) is 10.1 Å². The summed E-state index contributed by atoms with van der Waals surface area (Å²) in [5, 5.41) is 11.3. The van der Waals surface area contributed by atoms with Crippen LogP contribution in [0.25, 0.3) is 12.2 Å². The van der Waals surface area contributed by atoms with Crippen LogP contribution >= 0.6 is 11.3 Å². The van der Waals surface area contributed by atoms with Gasteiger partial charge >= 0.3 is 0 Å². The van der Waals surface area contributed by atoms with Crippen molar-refractivity contribution in [3.63, 3.8) is 0 Å². The normalized spacial score (nSPS) is 17.3. The quantitative estimate of drug-likeness (QED) is 0.179. The molecule has 1 aliphatic heterocycles. The summed E-state index contributed by atoms with van der Waals surface area (Å²) in [6.07, 6.45) is 6.55. The largest absolute Gasteiger partial charge is 0.494 e. The molecule has 6 rings (SSSR count). The van der Waals surface area contributed by atoms with E-state index in [0.717, 1.165) is 58.7 Å². The molecule has 0 bridgehead atoms. The number of non-ortho nitro benzene ring substituents is 1. The van der Waals surface area contributed by atoms with Gasteiger partial charge in [0, 0.05) is 12.1 Å². The Hall–Kier alpha value is -4.76. The molecule has 218 valence electrons. The van der Waals surface area contributed by atoms with E-state index in [9.17, 15) is 14.9 Å². The average Bonchev–Trinajstić information content (AvgIpc) is 3.32. The van der Waals surface area contributed by atoms with Gasteiger partial charge in [0.2, 0.25) is 0 Å². The number of nitrogens with zero attached hydrogens (tertiary/aromatic N) is 3. The van der Waals surface area contributed by atoms with Gasteiger partial charge in [0.25, 0.3) is 11.2 Å². The molecule has 0 N–H and O–H groups in total. The van der Waals surface area contributed by atoms with E-state index in [0.29, 0.717) is 28.1 Å². The number of hydrogen-bond acceptors (Lipinski definition) is 7. The van der Waals surface area contributed by atoms with Gasteiger partial charge in [0.05, 0.1) is 34.4 Å². The molecule has 8 nitrogen and oxygen atoms in total. The lowest BCUT2D eigenvalue weighted by molar-refractivity contribution is -0.384. The van der Waals surface area contributed by atoms with Crippen LogP contribution in [0.5, 0.6) is 11.5 Å². The monoisotopic (exact) mass is 593 g/mol. The first kappa shape index (κ1) is 28.4. The first-order valence-electron chi connectivity index (χ1n) is 14.4. The van der Waals surface area contributed by atoms with Gasteiger partial charge in [-0.3, -0.25) is 19.5 Å². The Morgan fingerprint density at radius 3 is 2.33 bits per heavy atom. The number of allylic oxidation sites excluding steroid dienone is 2. The third-order valence-corrected chi connectivity index (χ3v) is 8.53. The first-order chi connectivity index (χ1) is 20.9. The number of rotatable bonds is 8. The molecule has 9 heteroatoms. The molecule has 0 saturated heterocycles. The van der Waals surface area contributed by atoms with Crippen LogP contribution in [-0.2, 0) is 0 Å². The molecule has 0 amide bonds. The van der Waals surface area contributed by atoms with Crippen LogP contribution in [-0.4, -0.2) is 22.7 Å². The van der Waals surface area contributed by atoms with Crippen molar-refractivity contribution in [1.29, 1.82) is 0 Å². The highest BCUT2D eigenvalue weighted by Gasteiger charge is 2.32. The highest BCUT2D eigenvalue weighted by Crippen LogP contribution is 2.41. The molecule has 1 aromatic heterocycles. The van der Waals surface area contributed by atoms with E-state index < -0.39 is 4.92 Å². The summed E-state index contributed by atoms with van der Waals surface area (Å²) in [6.45, 7) is 5.10. The second-order valence-electron chi connectivity index (χ2n) is 10.3. The Morgan fingerprint density at radius 1 is 0.953 bits per heavy atom. The lowest BCUT2D eigenvalue weighted by Gasteiger charge is -2.31. The number of fused-ring (bicyclic) bond motifs is 1. The van der Waals surface area contributed by atoms with Gasteiger partial charge in [-0.05, 0) is 97.4 Å². The number of aromatic nitrogens is 1. The van der Waals surface area contributed by atoms with E-state index in [4.69, 9.17) is 14.5 Å². The fourth-order valence-electron chi connectivity index (χ4n) is 5.68. The zero-order valence-electron chi connectivity index (χ0n) is 24.0. The summed E-state index contributed by atoms with van der Waals surface area (Å²) in [6, 6.07) is 22.0. The minimum absolute atomic E-state index is 0.0201. The van der Waals surface area contributed by atoms with E-state index in [1.165, 1.54) is 23.5 Å². The van der Waals surface area contributed by atoms with Gasteiger partial charge in [-0.15, -0.1) is 0 Å².